The van der Waals surface area contributed by atoms with Crippen molar-refractivity contribution in [3.63, 3.8) is 0 Å². The van der Waals surface area contributed by atoms with Gasteiger partial charge in [-0.25, -0.2) is 9.37 Å². The first-order chi connectivity index (χ1) is 16.4. The molecule has 3 aromatic rings. The summed E-state index contributed by atoms with van der Waals surface area (Å²) in [6.07, 6.45) is 4.43. The summed E-state index contributed by atoms with van der Waals surface area (Å²) in [5, 5.41) is 9.61. The summed E-state index contributed by atoms with van der Waals surface area (Å²) in [5.74, 6) is 0.116. The predicted octanol–water partition coefficient (Wildman–Crippen LogP) is 5.83. The van der Waals surface area contributed by atoms with E-state index < -0.39 is 11.9 Å². The van der Waals surface area contributed by atoms with E-state index in [0.29, 0.717) is 30.4 Å². The molecule has 0 saturated heterocycles. The maximum absolute atomic E-state index is 15.2. The number of benzene rings is 2. The maximum atomic E-state index is 15.2. The van der Waals surface area contributed by atoms with Gasteiger partial charge in [-0.1, -0.05) is 31.2 Å². The summed E-state index contributed by atoms with van der Waals surface area (Å²) in [5.41, 5.74) is 4.28. The zero-order chi connectivity index (χ0) is 23.8. The zero-order valence-electron chi connectivity index (χ0n) is 19.3. The van der Waals surface area contributed by atoms with Crippen LogP contribution in [-0.2, 0) is 11.2 Å². The highest BCUT2D eigenvalue weighted by Crippen LogP contribution is 2.48. The van der Waals surface area contributed by atoms with E-state index in [1.807, 2.05) is 30.3 Å². The van der Waals surface area contributed by atoms with Crippen LogP contribution in [0.5, 0.6) is 11.6 Å². The molecule has 2 heterocycles. The van der Waals surface area contributed by atoms with Crippen LogP contribution in [0.4, 0.5) is 4.39 Å². The molecular formula is C28H28FNO4. The highest BCUT2D eigenvalue weighted by molar-refractivity contribution is 5.71. The zero-order valence-corrected chi connectivity index (χ0v) is 19.3. The monoisotopic (exact) mass is 461 g/mol. The van der Waals surface area contributed by atoms with Gasteiger partial charge in [0.25, 0.3) is 0 Å². The molecule has 0 radical (unpaired) electrons. The number of nitrogens with zero attached hydrogens (tertiary/aromatic N) is 1. The van der Waals surface area contributed by atoms with Crippen molar-refractivity contribution in [2.24, 2.45) is 11.8 Å². The highest BCUT2D eigenvalue weighted by atomic mass is 19.1. The number of hydrogen-bond donors (Lipinski definition) is 1. The lowest BCUT2D eigenvalue weighted by atomic mass is 9.81. The minimum absolute atomic E-state index is 0.00319. The van der Waals surface area contributed by atoms with Gasteiger partial charge < -0.3 is 14.6 Å². The number of aliphatic carboxylic acids is 1. The summed E-state index contributed by atoms with van der Waals surface area (Å²) in [4.78, 5) is 15.8. The lowest BCUT2D eigenvalue weighted by molar-refractivity contribution is -0.142. The van der Waals surface area contributed by atoms with Crippen molar-refractivity contribution in [1.29, 1.82) is 0 Å². The number of ether oxygens (including phenoxy) is 2. The third-order valence-electron chi connectivity index (χ3n) is 7.15. The molecule has 1 aromatic heterocycles. The van der Waals surface area contributed by atoms with Crippen molar-refractivity contribution in [2.45, 2.75) is 38.0 Å². The van der Waals surface area contributed by atoms with Crippen LogP contribution in [0.15, 0.2) is 54.7 Å². The number of hydrogen-bond acceptors (Lipinski definition) is 4. The Morgan fingerprint density at radius 3 is 2.65 bits per heavy atom. The van der Waals surface area contributed by atoms with E-state index >= 15 is 4.39 Å². The molecule has 176 valence electrons. The van der Waals surface area contributed by atoms with Gasteiger partial charge in [-0.15, -0.1) is 0 Å². The van der Waals surface area contributed by atoms with Crippen LogP contribution >= 0.6 is 0 Å². The quantitative estimate of drug-likeness (QED) is 0.480. The van der Waals surface area contributed by atoms with Crippen molar-refractivity contribution < 1.29 is 23.8 Å². The second-order valence-electron chi connectivity index (χ2n) is 9.39. The van der Waals surface area contributed by atoms with E-state index in [1.54, 1.807) is 32.4 Å². The summed E-state index contributed by atoms with van der Waals surface area (Å²) >= 11 is 0. The Bertz CT molecular complexity index is 1220. The number of carboxylic acids is 1. The number of carboxylic acid groups (broad SMARTS) is 1. The van der Waals surface area contributed by atoms with E-state index in [-0.39, 0.29) is 17.7 Å². The molecule has 3 atom stereocenters. The summed E-state index contributed by atoms with van der Waals surface area (Å²) in [6.45, 7) is 2.20. The van der Waals surface area contributed by atoms with Gasteiger partial charge in [-0.3, -0.25) is 4.79 Å². The van der Waals surface area contributed by atoms with Gasteiger partial charge in [0.1, 0.15) is 11.6 Å². The molecule has 2 aliphatic rings. The smallest absolute Gasteiger partial charge is 0.306 e. The summed E-state index contributed by atoms with van der Waals surface area (Å²) in [7, 11) is 1.55. The minimum Gasteiger partial charge on any atom is -0.493 e. The normalized spacial score (nSPS) is 19.0. The molecule has 1 fully saturated rings. The van der Waals surface area contributed by atoms with Gasteiger partial charge in [-0.05, 0) is 77.1 Å². The van der Waals surface area contributed by atoms with Crippen molar-refractivity contribution in [3.05, 3.63) is 77.2 Å². The Morgan fingerprint density at radius 1 is 1.15 bits per heavy atom. The van der Waals surface area contributed by atoms with Gasteiger partial charge >= 0.3 is 5.97 Å². The minimum atomic E-state index is -0.766. The van der Waals surface area contributed by atoms with E-state index in [9.17, 15) is 9.90 Å². The molecule has 5 nitrogen and oxygen atoms in total. The Morgan fingerprint density at radius 2 is 1.94 bits per heavy atom. The highest BCUT2D eigenvalue weighted by Gasteiger charge is 2.39. The lowest BCUT2D eigenvalue weighted by Gasteiger charge is -2.28. The third kappa shape index (κ3) is 4.37. The predicted molar refractivity (Wildman–Crippen MR) is 127 cm³/mol. The largest absolute Gasteiger partial charge is 0.493 e. The van der Waals surface area contributed by atoms with Gasteiger partial charge in [0, 0.05) is 18.2 Å². The van der Waals surface area contributed by atoms with Crippen LogP contribution in [-0.4, -0.2) is 29.8 Å². The molecule has 1 saturated carbocycles. The maximum Gasteiger partial charge on any atom is 0.306 e. The molecule has 1 aliphatic heterocycles. The summed E-state index contributed by atoms with van der Waals surface area (Å²) < 4.78 is 26.4. The topological polar surface area (TPSA) is 68.7 Å². The first kappa shape index (κ1) is 22.4. The number of pyridine rings is 1. The Hall–Kier alpha value is -3.41. The van der Waals surface area contributed by atoms with Crippen LogP contribution in [0.1, 0.15) is 48.3 Å². The molecule has 2 aromatic carbocycles. The van der Waals surface area contributed by atoms with Crippen LogP contribution in [0, 0.1) is 17.7 Å². The SMILES string of the molecule is COc1cc(-c2ccc(C3COc4ccc([C@H](C5CC5)[C@H](C)C(=O)O)cc4C3)c(F)c2)ccn1. The van der Waals surface area contributed by atoms with Crippen molar-refractivity contribution in [1.82, 2.24) is 4.98 Å². The number of aromatic nitrogens is 1. The molecule has 0 spiro atoms. The average molecular weight is 462 g/mol. The van der Waals surface area contributed by atoms with Crippen molar-refractivity contribution in [3.8, 4) is 22.8 Å². The number of carbonyl (C=O) groups is 1. The molecule has 5 rings (SSSR count). The van der Waals surface area contributed by atoms with E-state index in [0.717, 1.165) is 40.8 Å². The average Bonchev–Trinajstić information content (AvgIpc) is 3.68. The third-order valence-corrected chi connectivity index (χ3v) is 7.15. The number of halogens is 1. The van der Waals surface area contributed by atoms with Crippen molar-refractivity contribution >= 4 is 5.97 Å². The van der Waals surface area contributed by atoms with Crippen LogP contribution in [0.25, 0.3) is 11.1 Å². The molecule has 1 unspecified atom stereocenters. The van der Waals surface area contributed by atoms with Crippen LogP contribution in [0.3, 0.4) is 0 Å². The van der Waals surface area contributed by atoms with Gasteiger partial charge in [-0.2, -0.15) is 0 Å². The fourth-order valence-electron chi connectivity index (χ4n) is 5.14. The molecule has 34 heavy (non-hydrogen) atoms. The molecule has 1 N–H and O–H groups in total. The Balaban J connectivity index is 1.40. The first-order valence-corrected chi connectivity index (χ1v) is 11.7. The molecule has 1 aliphatic carbocycles. The van der Waals surface area contributed by atoms with Gasteiger partial charge in [0.2, 0.25) is 5.88 Å². The lowest BCUT2D eigenvalue weighted by Crippen LogP contribution is -2.23. The standard InChI is InChI=1S/C28H28FNO4/c1-16(28(31)32)27(17-3-4-17)20-6-8-25-21(11-20)12-22(15-34-25)23-7-5-18(13-24(23)29)19-9-10-30-26(14-19)33-2/h5-11,13-14,16-17,22,27H,3-4,12,15H2,1-2H3,(H,31,32)/t16-,22?,27-/m0/s1. The molecule has 0 bridgehead atoms. The number of fused-ring (bicyclic) bond motifs is 1. The molecule has 0 amide bonds. The fraction of sp³-hybridized carbons (Fsp3) is 0.357. The molecule has 6 heteroatoms. The van der Waals surface area contributed by atoms with Gasteiger partial charge in [0.15, 0.2) is 0 Å². The number of methoxy groups -OCH3 is 1. The second-order valence-corrected chi connectivity index (χ2v) is 9.39. The van der Waals surface area contributed by atoms with Crippen LogP contribution < -0.4 is 9.47 Å². The van der Waals surface area contributed by atoms with E-state index in [1.165, 1.54) is 0 Å². The first-order valence-electron chi connectivity index (χ1n) is 11.7. The van der Waals surface area contributed by atoms with E-state index in [2.05, 4.69) is 11.1 Å². The van der Waals surface area contributed by atoms with Gasteiger partial charge in [0.05, 0.1) is 19.6 Å². The molecular weight excluding hydrogens is 433 g/mol. The van der Waals surface area contributed by atoms with Crippen molar-refractivity contribution in [2.75, 3.05) is 13.7 Å². The Labute approximate surface area is 198 Å². The van der Waals surface area contributed by atoms with Crippen LogP contribution in [0.2, 0.25) is 0 Å². The second kappa shape index (κ2) is 9.09. The van der Waals surface area contributed by atoms with E-state index in [4.69, 9.17) is 9.47 Å². The fourth-order valence-corrected chi connectivity index (χ4v) is 5.14. The Kier molecular flexibility index (Phi) is 5.98. The number of rotatable bonds is 7. The summed E-state index contributed by atoms with van der Waals surface area (Å²) in [6, 6.07) is 14.9.